The molecular formula is C18H20F3N3O3S. The molecule has 2 atom stereocenters. The van der Waals surface area contributed by atoms with Gasteiger partial charge >= 0.3 is 12.1 Å². The Bertz CT molecular complexity index is 861. The van der Waals surface area contributed by atoms with Crippen LogP contribution in [-0.2, 0) is 20.5 Å². The second kappa shape index (κ2) is 9.22. The molecule has 0 saturated carbocycles. The number of esters is 1. The van der Waals surface area contributed by atoms with Gasteiger partial charge in [0.15, 0.2) is 0 Å². The summed E-state index contributed by atoms with van der Waals surface area (Å²) in [7, 11) is 1.23. The smallest absolute Gasteiger partial charge is 0.451 e. The van der Waals surface area contributed by atoms with Crippen LogP contribution in [0.3, 0.4) is 0 Å². The standard InChI is InChI=1S/C18H20F3N3O3S/c1-4-10(2)14(16(26)27-3)23-13(25)9-28-15-11-7-5-6-8-12(11)22-17(24-15)18(19,20)21/h5-8,10,14H,4,9H2,1-3H3,(H,23,25)/t10-,14+/m1/s1. The van der Waals surface area contributed by atoms with Crippen LogP contribution in [-0.4, -0.2) is 40.7 Å². The van der Waals surface area contributed by atoms with E-state index in [0.717, 1.165) is 11.8 Å². The molecule has 152 valence electrons. The molecule has 1 aromatic heterocycles. The quantitative estimate of drug-likeness (QED) is 0.424. The van der Waals surface area contributed by atoms with E-state index >= 15 is 0 Å². The highest BCUT2D eigenvalue weighted by Gasteiger charge is 2.35. The van der Waals surface area contributed by atoms with Crippen LogP contribution in [0.4, 0.5) is 13.2 Å². The van der Waals surface area contributed by atoms with Gasteiger partial charge in [0.1, 0.15) is 11.1 Å². The number of carbonyl (C=O) groups is 2. The number of benzene rings is 1. The zero-order valence-electron chi connectivity index (χ0n) is 15.5. The van der Waals surface area contributed by atoms with Crippen molar-refractivity contribution in [3.05, 3.63) is 30.1 Å². The fraction of sp³-hybridized carbons (Fsp3) is 0.444. The van der Waals surface area contributed by atoms with Crippen molar-refractivity contribution in [3.8, 4) is 0 Å². The van der Waals surface area contributed by atoms with Crippen LogP contribution in [0.25, 0.3) is 10.9 Å². The zero-order chi connectivity index (χ0) is 20.9. The van der Waals surface area contributed by atoms with Gasteiger partial charge in [-0.25, -0.2) is 14.8 Å². The lowest BCUT2D eigenvalue weighted by Crippen LogP contribution is -2.46. The zero-order valence-corrected chi connectivity index (χ0v) is 16.4. The number of amides is 1. The Morgan fingerprint density at radius 1 is 1.25 bits per heavy atom. The summed E-state index contributed by atoms with van der Waals surface area (Å²) in [5.74, 6) is -2.70. The summed E-state index contributed by atoms with van der Waals surface area (Å²) in [5.41, 5.74) is 0.139. The summed E-state index contributed by atoms with van der Waals surface area (Å²) in [6.45, 7) is 3.66. The van der Waals surface area contributed by atoms with E-state index in [1.54, 1.807) is 25.1 Å². The van der Waals surface area contributed by atoms with Gasteiger partial charge in [0.2, 0.25) is 11.7 Å². The number of carbonyl (C=O) groups excluding carboxylic acids is 2. The van der Waals surface area contributed by atoms with Crippen LogP contribution in [0, 0.1) is 5.92 Å². The lowest BCUT2D eigenvalue weighted by Gasteiger charge is -2.21. The highest BCUT2D eigenvalue weighted by atomic mass is 32.2. The van der Waals surface area contributed by atoms with Gasteiger partial charge < -0.3 is 10.1 Å². The first-order valence-electron chi connectivity index (χ1n) is 8.51. The third-order valence-corrected chi connectivity index (χ3v) is 5.14. The van der Waals surface area contributed by atoms with Crippen molar-refractivity contribution in [2.45, 2.75) is 37.5 Å². The number of aromatic nitrogens is 2. The van der Waals surface area contributed by atoms with Crippen molar-refractivity contribution in [2.75, 3.05) is 12.9 Å². The molecular weight excluding hydrogens is 395 g/mol. The molecule has 0 radical (unpaired) electrons. The Morgan fingerprint density at radius 3 is 2.54 bits per heavy atom. The summed E-state index contributed by atoms with van der Waals surface area (Å²) in [6, 6.07) is 5.44. The number of halogens is 3. The van der Waals surface area contributed by atoms with Crippen LogP contribution in [0.5, 0.6) is 0 Å². The molecule has 0 unspecified atom stereocenters. The Balaban J connectivity index is 2.20. The largest absolute Gasteiger partial charge is 0.467 e. The van der Waals surface area contributed by atoms with Crippen LogP contribution >= 0.6 is 11.8 Å². The van der Waals surface area contributed by atoms with Gasteiger partial charge in [0.25, 0.3) is 0 Å². The molecule has 10 heteroatoms. The number of para-hydroxylation sites is 1. The maximum absolute atomic E-state index is 13.1. The number of fused-ring (bicyclic) bond motifs is 1. The van der Waals surface area contributed by atoms with Crippen molar-refractivity contribution in [2.24, 2.45) is 5.92 Å². The van der Waals surface area contributed by atoms with Gasteiger partial charge in [0.05, 0.1) is 18.4 Å². The molecule has 28 heavy (non-hydrogen) atoms. The minimum Gasteiger partial charge on any atom is -0.467 e. The number of alkyl halides is 3. The Labute approximate surface area is 164 Å². The highest BCUT2D eigenvalue weighted by molar-refractivity contribution is 8.00. The molecule has 0 aliphatic rings. The molecule has 1 aromatic carbocycles. The van der Waals surface area contributed by atoms with Gasteiger partial charge in [-0.3, -0.25) is 4.79 Å². The average Bonchev–Trinajstić information content (AvgIpc) is 2.68. The lowest BCUT2D eigenvalue weighted by molar-refractivity contribution is -0.146. The first kappa shape index (κ1) is 21.9. The van der Waals surface area contributed by atoms with Crippen molar-refractivity contribution in [1.29, 1.82) is 0 Å². The number of rotatable bonds is 7. The summed E-state index contributed by atoms with van der Waals surface area (Å²) in [6.07, 6.45) is -4.06. The topological polar surface area (TPSA) is 81.2 Å². The molecule has 0 saturated heterocycles. The molecule has 1 amide bonds. The second-order valence-corrected chi connectivity index (χ2v) is 7.07. The molecule has 1 N–H and O–H groups in total. The normalized spacial score (nSPS) is 13.8. The van der Waals surface area contributed by atoms with E-state index in [4.69, 9.17) is 4.74 Å². The van der Waals surface area contributed by atoms with Crippen LogP contribution in [0.1, 0.15) is 26.1 Å². The van der Waals surface area contributed by atoms with Gasteiger partial charge in [0, 0.05) is 5.39 Å². The minimum absolute atomic E-state index is 0.0474. The van der Waals surface area contributed by atoms with Crippen molar-refractivity contribution in [1.82, 2.24) is 15.3 Å². The molecule has 0 fully saturated rings. The number of nitrogens with zero attached hydrogens (tertiary/aromatic N) is 2. The predicted molar refractivity (Wildman–Crippen MR) is 98.7 cm³/mol. The number of hydrogen-bond donors (Lipinski definition) is 1. The van der Waals surface area contributed by atoms with Crippen molar-refractivity contribution >= 4 is 34.5 Å². The van der Waals surface area contributed by atoms with Crippen LogP contribution in [0.2, 0.25) is 0 Å². The fourth-order valence-corrected chi connectivity index (χ4v) is 3.26. The van der Waals surface area contributed by atoms with E-state index in [1.165, 1.54) is 13.2 Å². The van der Waals surface area contributed by atoms with Gasteiger partial charge in [-0.2, -0.15) is 13.2 Å². The maximum Gasteiger partial charge on any atom is 0.451 e. The number of thioether (sulfide) groups is 1. The first-order chi connectivity index (χ1) is 13.2. The fourth-order valence-electron chi connectivity index (χ4n) is 2.43. The van der Waals surface area contributed by atoms with E-state index in [-0.39, 0.29) is 22.2 Å². The second-order valence-electron chi connectivity index (χ2n) is 6.11. The first-order valence-corrected chi connectivity index (χ1v) is 9.49. The van der Waals surface area contributed by atoms with E-state index < -0.39 is 29.9 Å². The Hall–Kier alpha value is -2.36. The van der Waals surface area contributed by atoms with Gasteiger partial charge in [-0.15, -0.1) is 0 Å². The van der Waals surface area contributed by atoms with Crippen LogP contribution in [0.15, 0.2) is 29.3 Å². The Kier molecular flexibility index (Phi) is 7.22. The number of hydrogen-bond acceptors (Lipinski definition) is 6. The van der Waals surface area contributed by atoms with Gasteiger partial charge in [-0.1, -0.05) is 50.2 Å². The lowest BCUT2D eigenvalue weighted by atomic mass is 9.99. The molecule has 1 heterocycles. The number of methoxy groups -OCH3 is 1. The van der Waals surface area contributed by atoms with E-state index in [1.807, 2.05) is 6.92 Å². The summed E-state index contributed by atoms with van der Waals surface area (Å²) < 4.78 is 43.9. The average molecular weight is 415 g/mol. The van der Waals surface area contributed by atoms with Crippen molar-refractivity contribution < 1.29 is 27.5 Å². The Morgan fingerprint density at radius 2 is 1.93 bits per heavy atom. The molecule has 6 nitrogen and oxygen atoms in total. The third kappa shape index (κ3) is 5.34. The van der Waals surface area contributed by atoms with E-state index in [9.17, 15) is 22.8 Å². The molecule has 0 aliphatic heterocycles. The number of ether oxygens (including phenoxy) is 1. The third-order valence-electron chi connectivity index (χ3n) is 4.15. The molecule has 0 spiro atoms. The molecule has 2 aromatic rings. The monoisotopic (exact) mass is 415 g/mol. The number of nitrogens with one attached hydrogen (secondary N) is 1. The molecule has 0 aliphatic carbocycles. The van der Waals surface area contributed by atoms with Gasteiger partial charge in [-0.05, 0) is 12.0 Å². The van der Waals surface area contributed by atoms with E-state index in [0.29, 0.717) is 11.8 Å². The summed E-state index contributed by atoms with van der Waals surface area (Å²) >= 11 is 0.854. The van der Waals surface area contributed by atoms with Crippen molar-refractivity contribution in [3.63, 3.8) is 0 Å². The predicted octanol–water partition coefficient (Wildman–Crippen LogP) is 3.44. The van der Waals surface area contributed by atoms with E-state index in [2.05, 4.69) is 15.3 Å². The SMILES string of the molecule is CC[C@@H](C)[C@H](NC(=O)CSc1nc(C(F)(F)F)nc2ccccc12)C(=O)OC. The molecule has 2 rings (SSSR count). The summed E-state index contributed by atoms with van der Waals surface area (Å²) in [4.78, 5) is 31.3. The summed E-state index contributed by atoms with van der Waals surface area (Å²) in [5, 5.41) is 3.05. The molecule has 0 bridgehead atoms. The maximum atomic E-state index is 13.1. The highest BCUT2D eigenvalue weighted by Crippen LogP contribution is 2.32. The minimum atomic E-state index is -4.70. The van der Waals surface area contributed by atoms with Crippen LogP contribution < -0.4 is 5.32 Å².